The van der Waals surface area contributed by atoms with E-state index in [1.54, 1.807) is 13.2 Å². The molecule has 140 valence electrons. The van der Waals surface area contributed by atoms with Crippen molar-refractivity contribution < 1.29 is 9.84 Å². The predicted octanol–water partition coefficient (Wildman–Crippen LogP) is 3.54. The number of aromatic hydroxyl groups is 1. The number of piperidine rings is 1. The molecule has 0 spiro atoms. The van der Waals surface area contributed by atoms with Crippen LogP contribution in [0.1, 0.15) is 24.0 Å². The molecule has 0 aliphatic carbocycles. The molecule has 0 amide bonds. The molecule has 26 heavy (non-hydrogen) atoms. The Morgan fingerprint density at radius 1 is 1.15 bits per heavy atom. The Balaban J connectivity index is 1.57. The fraction of sp³-hybridized carbons (Fsp3) is 0.455. The van der Waals surface area contributed by atoms with E-state index in [1.807, 2.05) is 12.1 Å². The van der Waals surface area contributed by atoms with Crippen LogP contribution in [0.2, 0.25) is 0 Å². The first-order valence-electron chi connectivity index (χ1n) is 9.48. The minimum atomic E-state index is 0.323. The van der Waals surface area contributed by atoms with Crippen molar-refractivity contribution in [1.82, 2.24) is 9.80 Å². The van der Waals surface area contributed by atoms with Crippen LogP contribution < -0.4 is 4.74 Å². The fourth-order valence-electron chi connectivity index (χ4n) is 3.80. The van der Waals surface area contributed by atoms with Gasteiger partial charge in [-0.25, -0.2) is 0 Å². The second-order valence-corrected chi connectivity index (χ2v) is 7.21. The van der Waals surface area contributed by atoms with Gasteiger partial charge in [0.15, 0.2) is 0 Å². The number of likely N-dealkylation sites (tertiary alicyclic amines) is 1. The number of ether oxygens (including phenoxy) is 1. The van der Waals surface area contributed by atoms with E-state index in [9.17, 15) is 5.11 Å². The summed E-state index contributed by atoms with van der Waals surface area (Å²) < 4.78 is 5.43. The normalized spacial score (nSPS) is 18.2. The number of phenols is 1. The molecule has 0 saturated carbocycles. The van der Waals surface area contributed by atoms with Crippen LogP contribution in [-0.2, 0) is 13.0 Å². The zero-order valence-corrected chi connectivity index (χ0v) is 15.9. The Kier molecular flexibility index (Phi) is 6.53. The molecular formula is C22H30N2O2. The van der Waals surface area contributed by atoms with Gasteiger partial charge >= 0.3 is 0 Å². The Bertz CT molecular complexity index is 690. The molecule has 1 heterocycles. The average molecular weight is 354 g/mol. The number of rotatable bonds is 7. The van der Waals surface area contributed by atoms with Crippen LogP contribution in [0.3, 0.4) is 0 Å². The second-order valence-electron chi connectivity index (χ2n) is 7.21. The van der Waals surface area contributed by atoms with Crippen molar-refractivity contribution in [3.63, 3.8) is 0 Å². The summed E-state index contributed by atoms with van der Waals surface area (Å²) >= 11 is 0. The van der Waals surface area contributed by atoms with E-state index in [-0.39, 0.29) is 0 Å². The fourth-order valence-corrected chi connectivity index (χ4v) is 3.80. The minimum absolute atomic E-state index is 0.323. The molecule has 2 aromatic carbocycles. The first kappa shape index (κ1) is 18.7. The van der Waals surface area contributed by atoms with Gasteiger partial charge in [-0.3, -0.25) is 4.90 Å². The third kappa shape index (κ3) is 4.77. The van der Waals surface area contributed by atoms with Crippen LogP contribution in [0, 0.1) is 0 Å². The van der Waals surface area contributed by atoms with E-state index in [4.69, 9.17) is 4.74 Å². The van der Waals surface area contributed by atoms with E-state index >= 15 is 0 Å². The molecular weight excluding hydrogens is 324 g/mol. The molecule has 1 atom stereocenters. The number of hydrogen-bond donors (Lipinski definition) is 1. The molecule has 1 aliphatic rings. The van der Waals surface area contributed by atoms with Gasteiger partial charge in [-0.2, -0.15) is 0 Å². The lowest BCUT2D eigenvalue weighted by Gasteiger charge is -2.38. The molecule has 0 radical (unpaired) electrons. The van der Waals surface area contributed by atoms with Gasteiger partial charge in [-0.15, -0.1) is 0 Å². The summed E-state index contributed by atoms with van der Waals surface area (Å²) in [7, 11) is 3.90. The van der Waals surface area contributed by atoms with Crippen molar-refractivity contribution in [2.75, 3.05) is 33.8 Å². The maximum atomic E-state index is 10.2. The van der Waals surface area contributed by atoms with Crippen molar-refractivity contribution in [1.29, 1.82) is 0 Å². The summed E-state index contributed by atoms with van der Waals surface area (Å²) in [4.78, 5) is 4.92. The quantitative estimate of drug-likeness (QED) is 0.825. The van der Waals surface area contributed by atoms with Gasteiger partial charge in [0.25, 0.3) is 0 Å². The lowest BCUT2D eigenvalue weighted by Crippen LogP contribution is -2.46. The summed E-state index contributed by atoms with van der Waals surface area (Å²) in [5, 5.41) is 10.2. The van der Waals surface area contributed by atoms with Gasteiger partial charge in [0, 0.05) is 31.2 Å². The molecule has 1 N–H and O–H groups in total. The molecule has 1 unspecified atom stereocenters. The number of hydrogen-bond acceptors (Lipinski definition) is 4. The summed E-state index contributed by atoms with van der Waals surface area (Å²) in [6.07, 6.45) is 3.51. The topological polar surface area (TPSA) is 35.9 Å². The van der Waals surface area contributed by atoms with E-state index < -0.39 is 0 Å². The van der Waals surface area contributed by atoms with Crippen LogP contribution in [-0.4, -0.2) is 54.7 Å². The largest absolute Gasteiger partial charge is 0.507 e. The molecule has 2 aromatic rings. The highest BCUT2D eigenvalue weighted by molar-refractivity contribution is 5.43. The minimum Gasteiger partial charge on any atom is -0.507 e. The zero-order chi connectivity index (χ0) is 18.4. The van der Waals surface area contributed by atoms with Crippen LogP contribution in [0.4, 0.5) is 0 Å². The van der Waals surface area contributed by atoms with Gasteiger partial charge in [-0.05, 0) is 50.6 Å². The van der Waals surface area contributed by atoms with E-state index in [0.717, 1.165) is 43.9 Å². The number of likely N-dealkylation sites (N-methyl/N-ethyl adjacent to an activating group) is 1. The van der Waals surface area contributed by atoms with Crippen molar-refractivity contribution in [2.45, 2.75) is 31.8 Å². The Morgan fingerprint density at radius 3 is 2.73 bits per heavy atom. The molecule has 0 bridgehead atoms. The van der Waals surface area contributed by atoms with E-state index in [1.165, 1.54) is 18.4 Å². The molecule has 1 saturated heterocycles. The van der Waals surface area contributed by atoms with Gasteiger partial charge < -0.3 is 14.7 Å². The van der Waals surface area contributed by atoms with E-state index in [2.05, 4.69) is 47.2 Å². The van der Waals surface area contributed by atoms with Crippen molar-refractivity contribution in [2.24, 2.45) is 0 Å². The monoisotopic (exact) mass is 354 g/mol. The smallest absolute Gasteiger partial charge is 0.127 e. The molecule has 1 aliphatic heterocycles. The highest BCUT2D eigenvalue weighted by Gasteiger charge is 2.24. The molecule has 0 aromatic heterocycles. The van der Waals surface area contributed by atoms with Gasteiger partial charge in [0.1, 0.15) is 11.5 Å². The number of benzene rings is 2. The highest BCUT2D eigenvalue weighted by Crippen LogP contribution is 2.29. The standard InChI is InChI=1S/C22H30N2O2/c1-23(15-13-18-8-4-3-5-9-18)19-10-7-14-24(16-19)17-20-21(25)11-6-12-22(20)26-2/h3-6,8-9,11-12,19,25H,7,10,13-17H2,1-2H3. The van der Waals surface area contributed by atoms with Crippen LogP contribution >= 0.6 is 0 Å². The third-order valence-electron chi connectivity index (χ3n) is 5.41. The Hall–Kier alpha value is -2.04. The van der Waals surface area contributed by atoms with Crippen molar-refractivity contribution in [3.8, 4) is 11.5 Å². The summed E-state index contributed by atoms with van der Waals surface area (Å²) in [6, 6.07) is 16.7. The van der Waals surface area contributed by atoms with Crippen LogP contribution in [0.5, 0.6) is 11.5 Å². The summed E-state index contributed by atoms with van der Waals surface area (Å²) in [6.45, 7) is 3.91. The average Bonchev–Trinajstić information content (AvgIpc) is 2.68. The lowest BCUT2D eigenvalue weighted by atomic mass is 10.0. The number of phenolic OH excluding ortho intramolecular Hbond substituents is 1. The maximum Gasteiger partial charge on any atom is 0.127 e. The third-order valence-corrected chi connectivity index (χ3v) is 5.41. The zero-order valence-electron chi connectivity index (χ0n) is 15.9. The predicted molar refractivity (Wildman–Crippen MR) is 106 cm³/mol. The SMILES string of the molecule is COc1cccc(O)c1CN1CCCC(N(C)CCc2ccccc2)C1. The number of methoxy groups -OCH3 is 1. The molecule has 3 rings (SSSR count). The van der Waals surface area contributed by atoms with Gasteiger partial charge in [-0.1, -0.05) is 36.4 Å². The summed E-state index contributed by atoms with van der Waals surface area (Å²) in [5.74, 6) is 1.09. The second kappa shape index (κ2) is 9.06. The highest BCUT2D eigenvalue weighted by atomic mass is 16.5. The van der Waals surface area contributed by atoms with Crippen molar-refractivity contribution >= 4 is 0 Å². The molecule has 1 fully saturated rings. The van der Waals surface area contributed by atoms with Gasteiger partial charge in [0.05, 0.1) is 7.11 Å². The summed E-state index contributed by atoms with van der Waals surface area (Å²) in [5.41, 5.74) is 2.29. The first-order chi connectivity index (χ1) is 12.7. The Labute approximate surface area is 157 Å². The van der Waals surface area contributed by atoms with Gasteiger partial charge in [0.2, 0.25) is 0 Å². The first-order valence-corrected chi connectivity index (χ1v) is 9.48. The molecule has 4 nitrogen and oxygen atoms in total. The van der Waals surface area contributed by atoms with Crippen LogP contribution in [0.15, 0.2) is 48.5 Å². The van der Waals surface area contributed by atoms with E-state index in [0.29, 0.717) is 11.8 Å². The van der Waals surface area contributed by atoms with Crippen molar-refractivity contribution in [3.05, 3.63) is 59.7 Å². The molecule has 4 heteroatoms. The van der Waals surface area contributed by atoms with Crippen LogP contribution in [0.25, 0.3) is 0 Å². The number of nitrogens with zero attached hydrogens (tertiary/aromatic N) is 2. The lowest BCUT2D eigenvalue weighted by molar-refractivity contribution is 0.111. The Morgan fingerprint density at radius 2 is 1.96 bits per heavy atom. The maximum absolute atomic E-state index is 10.2.